The van der Waals surface area contributed by atoms with Crippen LogP contribution in [0, 0.1) is 6.92 Å². The monoisotopic (exact) mass is 276 g/mol. The second-order valence-electron chi connectivity index (χ2n) is 4.69. The highest BCUT2D eigenvalue weighted by molar-refractivity contribution is 7.15. The van der Waals surface area contributed by atoms with Gasteiger partial charge in [-0.15, -0.1) is 11.3 Å². The van der Waals surface area contributed by atoms with Crippen molar-refractivity contribution in [1.29, 1.82) is 0 Å². The van der Waals surface area contributed by atoms with E-state index in [9.17, 15) is 5.11 Å². The van der Waals surface area contributed by atoms with Crippen LogP contribution < -0.4 is 5.32 Å². The summed E-state index contributed by atoms with van der Waals surface area (Å²) in [5.41, 5.74) is 2.04. The van der Waals surface area contributed by atoms with Crippen LogP contribution in [0.25, 0.3) is 10.6 Å². The van der Waals surface area contributed by atoms with Crippen LogP contribution >= 0.6 is 11.3 Å². The van der Waals surface area contributed by atoms with Gasteiger partial charge in [-0.3, -0.25) is 0 Å². The number of aromatic nitrogens is 1. The Bertz CT molecular complexity index is 551. The Labute approximate surface area is 118 Å². The van der Waals surface area contributed by atoms with Crippen LogP contribution in [0.4, 0.5) is 0 Å². The zero-order chi connectivity index (χ0) is 13.8. The molecular weight excluding hydrogens is 256 g/mol. The summed E-state index contributed by atoms with van der Waals surface area (Å²) in [5.74, 6) is 0.282. The van der Waals surface area contributed by atoms with E-state index in [1.807, 2.05) is 19.1 Å². The number of phenolic OH excluding ortho intramolecular Hbond substituents is 1. The van der Waals surface area contributed by atoms with Crippen molar-refractivity contribution in [3.63, 3.8) is 0 Å². The number of phenols is 1. The Hall–Kier alpha value is -1.39. The fourth-order valence-corrected chi connectivity index (χ4v) is 3.12. The third-order valence-corrected chi connectivity index (χ3v) is 4.41. The first-order valence-corrected chi connectivity index (χ1v) is 7.43. The van der Waals surface area contributed by atoms with Crippen molar-refractivity contribution in [3.05, 3.63) is 34.8 Å². The number of hydrogen-bond donors (Lipinski definition) is 2. The third-order valence-electron chi connectivity index (χ3n) is 3.02. The molecule has 0 aliphatic rings. The molecule has 0 bridgehead atoms. The minimum Gasteiger partial charge on any atom is -0.508 e. The van der Waals surface area contributed by atoms with Crippen molar-refractivity contribution >= 4 is 11.3 Å². The zero-order valence-corrected chi connectivity index (χ0v) is 12.4. The van der Waals surface area contributed by atoms with Gasteiger partial charge in [0, 0.05) is 16.5 Å². The lowest BCUT2D eigenvalue weighted by molar-refractivity contribution is 0.475. The molecule has 102 valence electrons. The molecule has 1 aromatic carbocycles. The molecule has 0 amide bonds. The van der Waals surface area contributed by atoms with E-state index in [1.54, 1.807) is 23.5 Å². The van der Waals surface area contributed by atoms with Crippen LogP contribution in [0.3, 0.4) is 0 Å². The molecule has 19 heavy (non-hydrogen) atoms. The van der Waals surface area contributed by atoms with Gasteiger partial charge in [0.15, 0.2) is 0 Å². The van der Waals surface area contributed by atoms with Crippen molar-refractivity contribution in [2.75, 3.05) is 6.54 Å². The first-order valence-electron chi connectivity index (χ1n) is 6.62. The molecule has 0 saturated heterocycles. The number of rotatable bonds is 5. The van der Waals surface area contributed by atoms with Gasteiger partial charge in [0.25, 0.3) is 0 Å². The Morgan fingerprint density at radius 1 is 1.42 bits per heavy atom. The van der Waals surface area contributed by atoms with E-state index < -0.39 is 0 Å². The average Bonchev–Trinajstić information content (AvgIpc) is 2.78. The Morgan fingerprint density at radius 3 is 2.89 bits per heavy atom. The first-order chi connectivity index (χ1) is 9.11. The predicted molar refractivity (Wildman–Crippen MR) is 80.7 cm³/mol. The molecular formula is C15H20N2OS. The number of benzene rings is 1. The standard InChI is InChI=1S/C15H20N2OS/c1-4-8-16-10(2)14-11(3)17-15(19-14)12-6-5-7-13(18)9-12/h5-7,9-10,16,18H,4,8H2,1-3H3. The van der Waals surface area contributed by atoms with Crippen LogP contribution in [0.15, 0.2) is 24.3 Å². The van der Waals surface area contributed by atoms with Gasteiger partial charge in [-0.05, 0) is 38.9 Å². The van der Waals surface area contributed by atoms with Gasteiger partial charge in [0.2, 0.25) is 0 Å². The van der Waals surface area contributed by atoms with E-state index in [1.165, 1.54) is 4.88 Å². The number of nitrogens with one attached hydrogen (secondary N) is 1. The summed E-state index contributed by atoms with van der Waals surface area (Å²) in [4.78, 5) is 5.89. The maximum atomic E-state index is 9.54. The smallest absolute Gasteiger partial charge is 0.124 e. The third kappa shape index (κ3) is 3.33. The fourth-order valence-electron chi connectivity index (χ4n) is 2.03. The topological polar surface area (TPSA) is 45.1 Å². The highest BCUT2D eigenvalue weighted by atomic mass is 32.1. The second kappa shape index (κ2) is 6.17. The molecule has 1 unspecified atom stereocenters. The molecule has 0 spiro atoms. The molecule has 2 aromatic rings. The maximum absolute atomic E-state index is 9.54. The molecule has 0 fully saturated rings. The zero-order valence-electron chi connectivity index (χ0n) is 11.6. The Morgan fingerprint density at radius 2 is 2.21 bits per heavy atom. The van der Waals surface area contributed by atoms with Gasteiger partial charge < -0.3 is 10.4 Å². The molecule has 1 aromatic heterocycles. The van der Waals surface area contributed by atoms with Gasteiger partial charge in [-0.25, -0.2) is 4.98 Å². The lowest BCUT2D eigenvalue weighted by Crippen LogP contribution is -2.18. The normalized spacial score (nSPS) is 12.6. The van der Waals surface area contributed by atoms with Crippen molar-refractivity contribution in [1.82, 2.24) is 10.3 Å². The molecule has 1 atom stereocenters. The van der Waals surface area contributed by atoms with E-state index in [2.05, 4.69) is 24.1 Å². The van der Waals surface area contributed by atoms with Crippen molar-refractivity contribution in [3.8, 4) is 16.3 Å². The van der Waals surface area contributed by atoms with Gasteiger partial charge >= 0.3 is 0 Å². The van der Waals surface area contributed by atoms with E-state index in [4.69, 9.17) is 0 Å². The van der Waals surface area contributed by atoms with Gasteiger partial charge in [0.1, 0.15) is 10.8 Å². The summed E-state index contributed by atoms with van der Waals surface area (Å²) in [5, 5.41) is 14.0. The fraction of sp³-hybridized carbons (Fsp3) is 0.400. The van der Waals surface area contributed by atoms with Gasteiger partial charge in [0.05, 0.1) is 5.69 Å². The quantitative estimate of drug-likeness (QED) is 0.871. The van der Waals surface area contributed by atoms with Crippen molar-refractivity contribution in [2.45, 2.75) is 33.2 Å². The van der Waals surface area contributed by atoms with Crippen LogP contribution in [-0.4, -0.2) is 16.6 Å². The molecule has 2 rings (SSSR count). The summed E-state index contributed by atoms with van der Waals surface area (Å²) >= 11 is 1.70. The lowest BCUT2D eigenvalue weighted by atomic mass is 10.2. The lowest BCUT2D eigenvalue weighted by Gasteiger charge is -2.11. The Balaban J connectivity index is 2.25. The average molecular weight is 276 g/mol. The summed E-state index contributed by atoms with van der Waals surface area (Å²) in [6.45, 7) is 7.39. The summed E-state index contributed by atoms with van der Waals surface area (Å²) in [6, 6.07) is 7.58. The molecule has 4 heteroatoms. The second-order valence-corrected chi connectivity index (χ2v) is 5.73. The summed E-state index contributed by atoms with van der Waals surface area (Å²) in [7, 11) is 0. The van der Waals surface area contributed by atoms with Crippen LogP contribution in [-0.2, 0) is 0 Å². The number of thiazole rings is 1. The highest BCUT2D eigenvalue weighted by Crippen LogP contribution is 2.32. The largest absolute Gasteiger partial charge is 0.508 e. The SMILES string of the molecule is CCCNC(C)c1sc(-c2cccc(O)c2)nc1C. The number of aromatic hydroxyl groups is 1. The minimum absolute atomic E-state index is 0.282. The highest BCUT2D eigenvalue weighted by Gasteiger charge is 2.14. The molecule has 1 heterocycles. The van der Waals surface area contributed by atoms with Crippen LogP contribution in [0.1, 0.15) is 36.9 Å². The molecule has 0 radical (unpaired) electrons. The van der Waals surface area contributed by atoms with Crippen molar-refractivity contribution < 1.29 is 5.11 Å². The maximum Gasteiger partial charge on any atom is 0.124 e. The van der Waals surface area contributed by atoms with Crippen LogP contribution in [0.5, 0.6) is 5.75 Å². The minimum atomic E-state index is 0.282. The number of nitrogens with zero attached hydrogens (tertiary/aromatic N) is 1. The summed E-state index contributed by atoms with van der Waals surface area (Å²) < 4.78 is 0. The molecule has 0 aliphatic heterocycles. The van der Waals surface area contributed by atoms with E-state index in [-0.39, 0.29) is 5.75 Å². The molecule has 2 N–H and O–H groups in total. The predicted octanol–water partition coefficient (Wildman–Crippen LogP) is 3.88. The van der Waals surface area contributed by atoms with Crippen LogP contribution in [0.2, 0.25) is 0 Å². The van der Waals surface area contributed by atoms with Gasteiger partial charge in [-0.1, -0.05) is 19.1 Å². The molecule has 0 saturated carbocycles. The van der Waals surface area contributed by atoms with E-state index >= 15 is 0 Å². The molecule has 3 nitrogen and oxygen atoms in total. The van der Waals surface area contributed by atoms with Gasteiger partial charge in [-0.2, -0.15) is 0 Å². The van der Waals surface area contributed by atoms with E-state index in [0.29, 0.717) is 6.04 Å². The van der Waals surface area contributed by atoms with Crippen molar-refractivity contribution in [2.24, 2.45) is 0 Å². The molecule has 0 aliphatic carbocycles. The number of aryl methyl sites for hydroxylation is 1. The summed E-state index contributed by atoms with van der Waals surface area (Å²) in [6.07, 6.45) is 1.13. The first kappa shape index (κ1) is 14.0. The Kier molecular flexibility index (Phi) is 4.56. The van der Waals surface area contributed by atoms with E-state index in [0.717, 1.165) is 29.2 Å². The number of hydrogen-bond acceptors (Lipinski definition) is 4.